The van der Waals surface area contributed by atoms with E-state index in [1.165, 1.54) is 19.3 Å². The van der Waals surface area contributed by atoms with Crippen LogP contribution in [0.5, 0.6) is 0 Å². The van der Waals surface area contributed by atoms with Crippen molar-refractivity contribution in [2.24, 2.45) is 11.3 Å². The van der Waals surface area contributed by atoms with Gasteiger partial charge in [0.1, 0.15) is 0 Å². The summed E-state index contributed by atoms with van der Waals surface area (Å²) in [4.78, 5) is 0. The molecule has 1 aliphatic rings. The molecule has 0 amide bonds. The molecule has 0 heterocycles. The normalized spacial score (nSPS) is 35.2. The third kappa shape index (κ3) is 2.48. The summed E-state index contributed by atoms with van der Waals surface area (Å²) in [6, 6.07) is 0. The molecular formula is C11H22O. The number of hydrogen-bond donors (Lipinski definition) is 1. The largest absolute Gasteiger partial charge is 0.390 e. The van der Waals surface area contributed by atoms with E-state index < -0.39 is 5.60 Å². The fraction of sp³-hybridized carbons (Fsp3) is 1.00. The minimum atomic E-state index is -0.461. The highest BCUT2D eigenvalue weighted by atomic mass is 16.3. The van der Waals surface area contributed by atoms with Crippen LogP contribution in [0.15, 0.2) is 0 Å². The maximum Gasteiger partial charge on any atom is 0.0591 e. The van der Waals surface area contributed by atoms with Crippen LogP contribution in [0.2, 0.25) is 0 Å². The molecule has 1 saturated carbocycles. The van der Waals surface area contributed by atoms with E-state index in [4.69, 9.17) is 0 Å². The first kappa shape index (κ1) is 10.0. The molecule has 0 aromatic carbocycles. The molecule has 1 nitrogen and oxygen atoms in total. The van der Waals surface area contributed by atoms with Crippen molar-refractivity contribution in [3.63, 3.8) is 0 Å². The van der Waals surface area contributed by atoms with Crippen LogP contribution in [0.3, 0.4) is 0 Å². The Labute approximate surface area is 76.2 Å². The van der Waals surface area contributed by atoms with Gasteiger partial charge in [-0.1, -0.05) is 20.3 Å². The molecular weight excluding hydrogens is 148 g/mol. The number of aliphatic hydroxyl groups is 1. The minimum Gasteiger partial charge on any atom is -0.390 e. The molecule has 1 aliphatic carbocycles. The Morgan fingerprint density at radius 3 is 2.42 bits per heavy atom. The summed E-state index contributed by atoms with van der Waals surface area (Å²) >= 11 is 0. The van der Waals surface area contributed by atoms with E-state index in [0.29, 0.717) is 5.41 Å². The molecule has 0 aromatic rings. The van der Waals surface area contributed by atoms with Crippen LogP contribution in [0.4, 0.5) is 0 Å². The average molecular weight is 170 g/mol. The van der Waals surface area contributed by atoms with Gasteiger partial charge in [0.15, 0.2) is 0 Å². The Bertz CT molecular complexity index is 157. The topological polar surface area (TPSA) is 20.2 Å². The van der Waals surface area contributed by atoms with E-state index in [-0.39, 0.29) is 0 Å². The number of rotatable bonds is 4. The molecule has 1 rings (SSSR count). The summed E-state index contributed by atoms with van der Waals surface area (Å²) in [6.07, 6.45) is 4.82. The summed E-state index contributed by atoms with van der Waals surface area (Å²) in [5, 5.41) is 9.54. The van der Waals surface area contributed by atoms with Crippen LogP contribution >= 0.6 is 0 Å². The van der Waals surface area contributed by atoms with Crippen molar-refractivity contribution >= 4 is 0 Å². The predicted molar refractivity (Wildman–Crippen MR) is 52.0 cm³/mol. The molecule has 72 valence electrons. The quantitative estimate of drug-likeness (QED) is 0.687. The summed E-state index contributed by atoms with van der Waals surface area (Å²) in [5.41, 5.74) is 0.155. The zero-order valence-corrected chi connectivity index (χ0v) is 8.85. The van der Waals surface area contributed by atoms with Gasteiger partial charge in [-0.2, -0.15) is 0 Å². The highest BCUT2D eigenvalue weighted by Gasteiger charge is 2.47. The van der Waals surface area contributed by atoms with Crippen molar-refractivity contribution in [1.29, 1.82) is 0 Å². The Balaban J connectivity index is 2.20. The first-order chi connectivity index (χ1) is 5.37. The van der Waals surface area contributed by atoms with Crippen molar-refractivity contribution in [2.75, 3.05) is 0 Å². The van der Waals surface area contributed by atoms with Crippen LogP contribution < -0.4 is 0 Å². The SMILES string of the molecule is CCC1(C)CC1CCC(C)(C)O. The minimum absolute atomic E-state index is 0.461. The molecule has 1 N–H and O–H groups in total. The molecule has 2 atom stereocenters. The fourth-order valence-electron chi connectivity index (χ4n) is 1.91. The van der Waals surface area contributed by atoms with Crippen LogP contribution in [-0.4, -0.2) is 10.7 Å². The van der Waals surface area contributed by atoms with Gasteiger partial charge in [-0.3, -0.25) is 0 Å². The molecule has 2 unspecified atom stereocenters. The van der Waals surface area contributed by atoms with Crippen molar-refractivity contribution < 1.29 is 5.11 Å². The number of hydrogen-bond acceptors (Lipinski definition) is 1. The van der Waals surface area contributed by atoms with Crippen LogP contribution in [0, 0.1) is 11.3 Å². The predicted octanol–water partition coefficient (Wildman–Crippen LogP) is 2.97. The van der Waals surface area contributed by atoms with Crippen LogP contribution in [0.25, 0.3) is 0 Å². The van der Waals surface area contributed by atoms with E-state index >= 15 is 0 Å². The van der Waals surface area contributed by atoms with Gasteiger partial charge in [-0.15, -0.1) is 0 Å². The molecule has 0 aromatic heterocycles. The van der Waals surface area contributed by atoms with Gasteiger partial charge in [0.25, 0.3) is 0 Å². The lowest BCUT2D eigenvalue weighted by Crippen LogP contribution is -2.18. The van der Waals surface area contributed by atoms with Gasteiger partial charge in [0.2, 0.25) is 0 Å². The second kappa shape index (κ2) is 3.02. The third-order valence-corrected chi connectivity index (χ3v) is 3.45. The second-order valence-corrected chi connectivity index (χ2v) is 5.26. The Morgan fingerprint density at radius 1 is 1.50 bits per heavy atom. The highest BCUT2D eigenvalue weighted by Crippen LogP contribution is 2.57. The van der Waals surface area contributed by atoms with Gasteiger partial charge in [-0.05, 0) is 44.4 Å². The summed E-state index contributed by atoms with van der Waals surface area (Å²) in [6.45, 7) is 8.43. The molecule has 1 fully saturated rings. The first-order valence-electron chi connectivity index (χ1n) is 5.10. The van der Waals surface area contributed by atoms with E-state index in [2.05, 4.69) is 13.8 Å². The molecule has 0 aliphatic heterocycles. The molecule has 0 spiro atoms. The van der Waals surface area contributed by atoms with Gasteiger partial charge in [-0.25, -0.2) is 0 Å². The Morgan fingerprint density at radius 2 is 2.08 bits per heavy atom. The summed E-state index contributed by atoms with van der Waals surface area (Å²) in [5.74, 6) is 0.883. The van der Waals surface area contributed by atoms with E-state index in [9.17, 15) is 5.11 Å². The maximum atomic E-state index is 9.54. The zero-order valence-electron chi connectivity index (χ0n) is 8.85. The maximum absolute atomic E-state index is 9.54. The molecule has 1 heteroatoms. The lowest BCUT2D eigenvalue weighted by molar-refractivity contribution is 0.0659. The van der Waals surface area contributed by atoms with Crippen molar-refractivity contribution in [1.82, 2.24) is 0 Å². The summed E-state index contributed by atoms with van der Waals surface area (Å²) in [7, 11) is 0. The van der Waals surface area contributed by atoms with E-state index in [0.717, 1.165) is 12.3 Å². The summed E-state index contributed by atoms with van der Waals surface area (Å²) < 4.78 is 0. The monoisotopic (exact) mass is 170 g/mol. The van der Waals surface area contributed by atoms with Gasteiger partial charge in [0, 0.05) is 0 Å². The van der Waals surface area contributed by atoms with Crippen LogP contribution in [0.1, 0.15) is 53.4 Å². The first-order valence-corrected chi connectivity index (χ1v) is 5.10. The molecule has 0 saturated heterocycles. The Kier molecular flexibility index (Phi) is 2.53. The van der Waals surface area contributed by atoms with Crippen molar-refractivity contribution in [2.45, 2.75) is 59.0 Å². The van der Waals surface area contributed by atoms with Crippen LogP contribution in [-0.2, 0) is 0 Å². The molecule has 0 radical (unpaired) electrons. The van der Waals surface area contributed by atoms with Crippen molar-refractivity contribution in [3.8, 4) is 0 Å². The standard InChI is InChI=1S/C11H22O/c1-5-11(4)8-9(11)6-7-10(2,3)12/h9,12H,5-8H2,1-4H3. The fourth-order valence-corrected chi connectivity index (χ4v) is 1.91. The molecule has 0 bridgehead atoms. The lowest BCUT2D eigenvalue weighted by atomic mass is 9.96. The van der Waals surface area contributed by atoms with E-state index in [1.54, 1.807) is 0 Å². The Hall–Kier alpha value is -0.0400. The van der Waals surface area contributed by atoms with Crippen molar-refractivity contribution in [3.05, 3.63) is 0 Å². The highest BCUT2D eigenvalue weighted by molar-refractivity contribution is 4.97. The molecule has 12 heavy (non-hydrogen) atoms. The third-order valence-electron chi connectivity index (χ3n) is 3.45. The second-order valence-electron chi connectivity index (χ2n) is 5.26. The zero-order chi connectivity index (χ0) is 9.41. The smallest absolute Gasteiger partial charge is 0.0591 e. The average Bonchev–Trinajstić information content (AvgIpc) is 2.58. The van der Waals surface area contributed by atoms with Gasteiger partial charge in [0.05, 0.1) is 5.60 Å². The van der Waals surface area contributed by atoms with Gasteiger partial charge < -0.3 is 5.11 Å². The van der Waals surface area contributed by atoms with Gasteiger partial charge >= 0.3 is 0 Å². The van der Waals surface area contributed by atoms with E-state index in [1.807, 2.05) is 13.8 Å². The lowest BCUT2D eigenvalue weighted by Gasteiger charge is -2.17.